The van der Waals surface area contributed by atoms with E-state index in [9.17, 15) is 9.90 Å². The smallest absolute Gasteiger partial charge is 0.319 e. The van der Waals surface area contributed by atoms with Gasteiger partial charge in [0.1, 0.15) is 18.5 Å². The number of ether oxygens (including phenoxy) is 1. The molecule has 0 aliphatic heterocycles. The number of anilines is 1. The highest BCUT2D eigenvalue weighted by atomic mass is 16.5. The SMILES string of the molecule is C=CCc1cc(NC(=O)NCC)ccc1OCC(O)CNC(C)C. The number of hydrogen-bond donors (Lipinski definition) is 4. The van der Waals surface area contributed by atoms with Crippen LogP contribution in [0.15, 0.2) is 30.9 Å². The average molecular weight is 335 g/mol. The summed E-state index contributed by atoms with van der Waals surface area (Å²) in [6.07, 6.45) is 1.80. The largest absolute Gasteiger partial charge is 0.491 e. The van der Waals surface area contributed by atoms with Gasteiger partial charge >= 0.3 is 6.03 Å². The van der Waals surface area contributed by atoms with Crippen molar-refractivity contribution in [3.8, 4) is 5.75 Å². The Morgan fingerprint density at radius 2 is 2.17 bits per heavy atom. The van der Waals surface area contributed by atoms with Crippen molar-refractivity contribution in [3.05, 3.63) is 36.4 Å². The standard InChI is InChI=1S/C18H29N3O3/c1-5-7-14-10-15(21-18(23)19-6-2)8-9-17(14)24-12-16(22)11-20-13(3)4/h5,8-10,13,16,20,22H,1,6-7,11-12H2,2-4H3,(H2,19,21,23). The molecule has 2 amide bonds. The minimum atomic E-state index is -0.586. The maximum atomic E-state index is 11.6. The van der Waals surface area contributed by atoms with Crippen LogP contribution in [0.5, 0.6) is 5.75 Å². The molecule has 1 aromatic carbocycles. The maximum absolute atomic E-state index is 11.6. The number of nitrogens with one attached hydrogen (secondary N) is 3. The van der Waals surface area contributed by atoms with Crippen molar-refractivity contribution in [3.63, 3.8) is 0 Å². The van der Waals surface area contributed by atoms with Crippen LogP contribution in [0.25, 0.3) is 0 Å². The van der Waals surface area contributed by atoms with Gasteiger partial charge in [-0.2, -0.15) is 0 Å². The summed E-state index contributed by atoms with van der Waals surface area (Å²) in [5.41, 5.74) is 1.59. The Hall–Kier alpha value is -2.05. The Morgan fingerprint density at radius 1 is 1.42 bits per heavy atom. The molecule has 1 unspecified atom stereocenters. The molecule has 6 heteroatoms. The highest BCUT2D eigenvalue weighted by Gasteiger charge is 2.10. The molecule has 4 N–H and O–H groups in total. The van der Waals surface area contributed by atoms with E-state index in [-0.39, 0.29) is 12.6 Å². The molecule has 1 aromatic rings. The van der Waals surface area contributed by atoms with Gasteiger partial charge in [0.15, 0.2) is 0 Å². The monoisotopic (exact) mass is 335 g/mol. The van der Waals surface area contributed by atoms with Crippen LogP contribution in [0.2, 0.25) is 0 Å². The molecule has 0 radical (unpaired) electrons. The lowest BCUT2D eigenvalue weighted by atomic mass is 10.1. The summed E-state index contributed by atoms with van der Waals surface area (Å²) < 4.78 is 5.73. The van der Waals surface area contributed by atoms with Gasteiger partial charge in [0.25, 0.3) is 0 Å². The van der Waals surface area contributed by atoms with Gasteiger partial charge in [-0.25, -0.2) is 4.79 Å². The molecule has 6 nitrogen and oxygen atoms in total. The van der Waals surface area contributed by atoms with Crippen molar-refractivity contribution in [2.45, 2.75) is 39.3 Å². The predicted octanol–water partition coefficient (Wildman–Crippen LogP) is 2.29. The fourth-order valence-electron chi connectivity index (χ4n) is 2.07. The molecule has 0 aliphatic carbocycles. The Bertz CT molecular complexity index is 532. The molecule has 0 aromatic heterocycles. The van der Waals surface area contributed by atoms with Crippen molar-refractivity contribution in [1.29, 1.82) is 0 Å². The number of allylic oxidation sites excluding steroid dienone is 1. The highest BCUT2D eigenvalue weighted by molar-refractivity contribution is 5.89. The van der Waals surface area contributed by atoms with Gasteiger partial charge in [-0.1, -0.05) is 19.9 Å². The molecular weight excluding hydrogens is 306 g/mol. The number of urea groups is 1. The van der Waals surface area contributed by atoms with Crippen LogP contribution in [0.1, 0.15) is 26.3 Å². The summed E-state index contributed by atoms with van der Waals surface area (Å²) >= 11 is 0. The quantitative estimate of drug-likeness (QED) is 0.495. The summed E-state index contributed by atoms with van der Waals surface area (Å²) in [4.78, 5) is 11.6. The molecule has 0 heterocycles. The van der Waals surface area contributed by atoms with Gasteiger partial charge in [-0.3, -0.25) is 0 Å². The Morgan fingerprint density at radius 3 is 2.79 bits per heavy atom. The van der Waals surface area contributed by atoms with Gasteiger partial charge in [-0.05, 0) is 37.1 Å². The van der Waals surface area contributed by atoms with E-state index in [1.807, 2.05) is 26.8 Å². The van der Waals surface area contributed by atoms with E-state index in [4.69, 9.17) is 4.74 Å². The summed E-state index contributed by atoms with van der Waals surface area (Å²) in [5, 5.41) is 18.6. The third kappa shape index (κ3) is 7.48. The summed E-state index contributed by atoms with van der Waals surface area (Å²) in [6.45, 7) is 10.9. The zero-order chi connectivity index (χ0) is 17.9. The van der Waals surface area contributed by atoms with Crippen LogP contribution >= 0.6 is 0 Å². The molecule has 0 saturated carbocycles. The molecule has 24 heavy (non-hydrogen) atoms. The van der Waals surface area contributed by atoms with Gasteiger partial charge in [0, 0.05) is 24.8 Å². The van der Waals surface area contributed by atoms with E-state index < -0.39 is 6.10 Å². The van der Waals surface area contributed by atoms with Crippen molar-refractivity contribution in [2.75, 3.05) is 25.0 Å². The Labute approximate surface area is 144 Å². The lowest BCUT2D eigenvalue weighted by Crippen LogP contribution is -2.35. The predicted molar refractivity (Wildman–Crippen MR) is 97.7 cm³/mol. The van der Waals surface area contributed by atoms with Crippen molar-refractivity contribution >= 4 is 11.7 Å². The molecule has 0 saturated heterocycles. The number of amides is 2. The second-order valence-corrected chi connectivity index (χ2v) is 5.83. The molecule has 1 atom stereocenters. The fraction of sp³-hybridized carbons (Fsp3) is 0.500. The highest BCUT2D eigenvalue weighted by Crippen LogP contribution is 2.24. The minimum Gasteiger partial charge on any atom is -0.491 e. The summed E-state index contributed by atoms with van der Waals surface area (Å²) in [7, 11) is 0. The van der Waals surface area contributed by atoms with Gasteiger partial charge in [0.2, 0.25) is 0 Å². The van der Waals surface area contributed by atoms with Crippen molar-refractivity contribution < 1.29 is 14.6 Å². The lowest BCUT2D eigenvalue weighted by Gasteiger charge is -2.17. The summed E-state index contributed by atoms with van der Waals surface area (Å²) in [5.74, 6) is 0.681. The number of aliphatic hydroxyl groups is 1. The lowest BCUT2D eigenvalue weighted by molar-refractivity contribution is 0.104. The molecule has 0 fully saturated rings. The van der Waals surface area contributed by atoms with E-state index in [2.05, 4.69) is 22.5 Å². The van der Waals surface area contributed by atoms with Crippen LogP contribution in [-0.4, -0.2) is 43.0 Å². The van der Waals surface area contributed by atoms with E-state index in [0.717, 1.165) is 5.56 Å². The van der Waals surface area contributed by atoms with Gasteiger partial charge in [0.05, 0.1) is 0 Å². The molecular formula is C18H29N3O3. The first-order valence-electron chi connectivity index (χ1n) is 8.29. The maximum Gasteiger partial charge on any atom is 0.319 e. The van der Waals surface area contributed by atoms with E-state index in [1.54, 1.807) is 18.2 Å². The molecule has 0 bridgehead atoms. The van der Waals surface area contributed by atoms with Crippen LogP contribution in [0, 0.1) is 0 Å². The van der Waals surface area contributed by atoms with Crippen molar-refractivity contribution in [1.82, 2.24) is 10.6 Å². The zero-order valence-electron chi connectivity index (χ0n) is 14.8. The fourth-order valence-corrected chi connectivity index (χ4v) is 2.07. The second kappa shape index (κ2) is 10.7. The first-order valence-corrected chi connectivity index (χ1v) is 8.29. The molecule has 0 spiro atoms. The first-order chi connectivity index (χ1) is 11.5. The number of carbonyl (C=O) groups excluding carboxylic acids is 1. The van der Waals surface area contributed by atoms with Gasteiger partial charge in [-0.15, -0.1) is 6.58 Å². The van der Waals surface area contributed by atoms with Crippen LogP contribution in [0.3, 0.4) is 0 Å². The number of hydrogen-bond acceptors (Lipinski definition) is 4. The third-order valence-electron chi connectivity index (χ3n) is 3.21. The van der Waals surface area contributed by atoms with E-state index in [0.29, 0.717) is 37.0 Å². The van der Waals surface area contributed by atoms with Gasteiger partial charge < -0.3 is 25.8 Å². The molecule has 1 rings (SSSR count). The first kappa shape index (κ1) is 20.0. The number of carbonyl (C=O) groups is 1. The zero-order valence-corrected chi connectivity index (χ0v) is 14.8. The minimum absolute atomic E-state index is 0.201. The average Bonchev–Trinajstić information content (AvgIpc) is 2.52. The summed E-state index contributed by atoms with van der Waals surface area (Å²) in [6, 6.07) is 5.49. The van der Waals surface area contributed by atoms with Crippen LogP contribution in [-0.2, 0) is 6.42 Å². The number of rotatable bonds is 10. The number of aliphatic hydroxyl groups excluding tert-OH is 1. The second-order valence-electron chi connectivity index (χ2n) is 5.83. The Balaban J connectivity index is 2.69. The number of benzene rings is 1. The Kier molecular flexibility index (Phi) is 8.89. The topological polar surface area (TPSA) is 82.6 Å². The third-order valence-corrected chi connectivity index (χ3v) is 3.21. The van der Waals surface area contributed by atoms with E-state index in [1.165, 1.54) is 0 Å². The van der Waals surface area contributed by atoms with E-state index >= 15 is 0 Å². The molecule has 0 aliphatic rings. The molecule has 134 valence electrons. The van der Waals surface area contributed by atoms with Crippen LogP contribution < -0.4 is 20.7 Å². The van der Waals surface area contributed by atoms with Crippen molar-refractivity contribution in [2.24, 2.45) is 0 Å². The normalized spacial score (nSPS) is 11.9. The van der Waals surface area contributed by atoms with Crippen LogP contribution in [0.4, 0.5) is 10.5 Å².